The summed E-state index contributed by atoms with van der Waals surface area (Å²) < 4.78 is 4.67. The third-order valence-corrected chi connectivity index (χ3v) is 3.46. The lowest BCUT2D eigenvalue weighted by molar-refractivity contribution is 0.0602. The molecule has 7 heteroatoms. The average molecular weight is 292 g/mol. The van der Waals surface area contributed by atoms with Gasteiger partial charge in [0.05, 0.1) is 30.3 Å². The van der Waals surface area contributed by atoms with E-state index in [2.05, 4.69) is 33.9 Å². The van der Waals surface area contributed by atoms with Gasteiger partial charge in [-0.3, -0.25) is 0 Å². The lowest BCUT2D eigenvalue weighted by atomic mass is 10.2. The summed E-state index contributed by atoms with van der Waals surface area (Å²) in [6, 6.07) is 1.55. The Morgan fingerprint density at radius 3 is 2.85 bits per heavy atom. The number of hydrogen-bond acceptors (Lipinski definition) is 7. The smallest absolute Gasteiger partial charge is 0.340 e. The first kappa shape index (κ1) is 14.3. The number of nitrogens with zero attached hydrogens (tertiary/aromatic N) is 2. The number of esters is 1. The van der Waals surface area contributed by atoms with Gasteiger partial charge in [-0.2, -0.15) is 0 Å². The Balaban J connectivity index is 2.22. The van der Waals surface area contributed by atoms with Crippen LogP contribution >= 0.6 is 11.3 Å². The molecule has 0 saturated carbocycles. The number of rotatable bonds is 4. The van der Waals surface area contributed by atoms with Gasteiger partial charge in [-0.15, -0.1) is 11.3 Å². The molecule has 2 rings (SSSR count). The fourth-order valence-electron chi connectivity index (χ4n) is 1.54. The van der Waals surface area contributed by atoms with E-state index in [0.29, 0.717) is 11.7 Å². The van der Waals surface area contributed by atoms with Crippen LogP contribution in [-0.4, -0.2) is 23.0 Å². The van der Waals surface area contributed by atoms with Crippen LogP contribution in [0.15, 0.2) is 17.6 Å². The normalized spacial score (nSPS) is 10.6. The lowest BCUT2D eigenvalue weighted by Gasteiger charge is -2.06. The van der Waals surface area contributed by atoms with Crippen LogP contribution in [0.2, 0.25) is 0 Å². The number of anilines is 3. The second kappa shape index (κ2) is 5.87. The third kappa shape index (κ3) is 3.05. The number of pyridine rings is 1. The molecule has 106 valence electrons. The topological polar surface area (TPSA) is 90.1 Å². The molecule has 0 saturated heterocycles. The first-order valence-corrected chi connectivity index (χ1v) is 6.95. The van der Waals surface area contributed by atoms with Crippen molar-refractivity contribution >= 4 is 33.9 Å². The molecule has 2 aromatic rings. The molecule has 0 spiro atoms. The van der Waals surface area contributed by atoms with Crippen molar-refractivity contribution in [3.05, 3.63) is 28.9 Å². The second-order valence-corrected chi connectivity index (χ2v) is 5.36. The number of nitrogens with two attached hydrogens (primary N) is 1. The molecule has 20 heavy (non-hydrogen) atoms. The predicted molar refractivity (Wildman–Crippen MR) is 79.5 cm³/mol. The van der Waals surface area contributed by atoms with Crippen molar-refractivity contribution in [2.75, 3.05) is 18.2 Å². The summed E-state index contributed by atoms with van der Waals surface area (Å²) in [7, 11) is 1.31. The van der Waals surface area contributed by atoms with Gasteiger partial charge in [-0.05, 0) is 12.0 Å². The van der Waals surface area contributed by atoms with Crippen LogP contribution in [0.5, 0.6) is 0 Å². The summed E-state index contributed by atoms with van der Waals surface area (Å²) in [4.78, 5) is 20.1. The van der Waals surface area contributed by atoms with Gasteiger partial charge < -0.3 is 15.8 Å². The number of nitrogens with one attached hydrogen (secondary N) is 1. The monoisotopic (exact) mass is 292 g/mol. The van der Waals surface area contributed by atoms with E-state index in [1.165, 1.54) is 24.6 Å². The van der Waals surface area contributed by atoms with Gasteiger partial charge >= 0.3 is 5.97 Å². The fraction of sp³-hybridized carbons (Fsp3) is 0.308. The van der Waals surface area contributed by atoms with Crippen molar-refractivity contribution in [1.82, 2.24) is 9.97 Å². The number of aromatic nitrogens is 2. The Hall–Kier alpha value is -2.15. The number of ether oxygens (including phenoxy) is 1. The average Bonchev–Trinajstić information content (AvgIpc) is 2.89. The molecule has 0 amide bonds. The highest BCUT2D eigenvalue weighted by atomic mass is 32.1. The Labute approximate surface area is 121 Å². The summed E-state index contributed by atoms with van der Waals surface area (Å²) >= 11 is 1.49. The maximum atomic E-state index is 11.6. The fourth-order valence-corrected chi connectivity index (χ4v) is 2.42. The van der Waals surface area contributed by atoms with Crippen molar-refractivity contribution in [3.63, 3.8) is 0 Å². The van der Waals surface area contributed by atoms with E-state index < -0.39 is 5.97 Å². The van der Waals surface area contributed by atoms with Gasteiger partial charge in [-0.1, -0.05) is 13.8 Å². The number of methoxy groups -OCH3 is 1. The van der Waals surface area contributed by atoms with E-state index in [9.17, 15) is 4.79 Å². The van der Waals surface area contributed by atoms with E-state index in [1.54, 1.807) is 6.07 Å². The second-order valence-electron chi connectivity index (χ2n) is 4.51. The van der Waals surface area contributed by atoms with E-state index in [1.807, 2.05) is 5.38 Å². The summed E-state index contributed by atoms with van der Waals surface area (Å²) in [6.07, 6.45) is 1.42. The number of carbonyl (C=O) groups excluding carboxylic acids is 1. The third-order valence-electron chi connectivity index (χ3n) is 2.69. The first-order chi connectivity index (χ1) is 9.51. The standard InChI is InChI=1S/C13H16N4O2S/c1-7(2)10-6-20-13(16-10)17-11-4-8(12(18)19-3)9(14)5-15-11/h4-7H,14H2,1-3H3,(H,15,16,17). The molecule has 0 fully saturated rings. The van der Waals surface area contributed by atoms with Crippen molar-refractivity contribution < 1.29 is 9.53 Å². The highest BCUT2D eigenvalue weighted by Gasteiger charge is 2.12. The summed E-state index contributed by atoms with van der Waals surface area (Å²) in [5, 5.41) is 5.77. The van der Waals surface area contributed by atoms with E-state index in [-0.39, 0.29) is 11.3 Å². The summed E-state index contributed by atoms with van der Waals surface area (Å²) in [5.74, 6) is 0.381. The number of carbonyl (C=O) groups is 1. The molecular formula is C13H16N4O2S. The van der Waals surface area contributed by atoms with E-state index in [0.717, 1.165) is 10.8 Å². The van der Waals surface area contributed by atoms with Crippen molar-refractivity contribution in [3.8, 4) is 0 Å². The van der Waals surface area contributed by atoms with Crippen LogP contribution in [0, 0.1) is 0 Å². The highest BCUT2D eigenvalue weighted by Crippen LogP contribution is 2.25. The molecular weight excluding hydrogens is 276 g/mol. The van der Waals surface area contributed by atoms with Gasteiger partial charge in [0.2, 0.25) is 0 Å². The quantitative estimate of drug-likeness (QED) is 0.842. The molecule has 0 radical (unpaired) electrons. The minimum atomic E-state index is -0.491. The molecule has 0 aliphatic heterocycles. The highest BCUT2D eigenvalue weighted by molar-refractivity contribution is 7.13. The number of nitrogen functional groups attached to an aromatic ring is 1. The molecule has 3 N–H and O–H groups in total. The molecule has 2 heterocycles. The van der Waals surface area contributed by atoms with Gasteiger partial charge in [-0.25, -0.2) is 14.8 Å². The molecule has 0 aliphatic rings. The van der Waals surface area contributed by atoms with Crippen LogP contribution in [0.25, 0.3) is 0 Å². The van der Waals surface area contributed by atoms with Crippen molar-refractivity contribution in [2.24, 2.45) is 0 Å². The zero-order chi connectivity index (χ0) is 14.7. The zero-order valence-electron chi connectivity index (χ0n) is 11.5. The van der Waals surface area contributed by atoms with Gasteiger partial charge in [0.25, 0.3) is 0 Å². The Morgan fingerprint density at radius 2 is 2.25 bits per heavy atom. The van der Waals surface area contributed by atoms with Gasteiger partial charge in [0, 0.05) is 5.38 Å². The van der Waals surface area contributed by atoms with Crippen LogP contribution < -0.4 is 11.1 Å². The van der Waals surface area contributed by atoms with Crippen LogP contribution in [-0.2, 0) is 4.74 Å². The minimum Gasteiger partial charge on any atom is -0.465 e. The maximum Gasteiger partial charge on any atom is 0.340 e. The van der Waals surface area contributed by atoms with E-state index >= 15 is 0 Å². The van der Waals surface area contributed by atoms with Gasteiger partial charge in [0.1, 0.15) is 5.82 Å². The zero-order valence-corrected chi connectivity index (χ0v) is 12.3. The largest absolute Gasteiger partial charge is 0.465 e. The number of hydrogen-bond donors (Lipinski definition) is 2. The van der Waals surface area contributed by atoms with Crippen molar-refractivity contribution in [2.45, 2.75) is 19.8 Å². The number of thiazole rings is 1. The predicted octanol–water partition coefficient (Wildman–Crippen LogP) is 2.77. The first-order valence-electron chi connectivity index (χ1n) is 6.07. The Morgan fingerprint density at radius 1 is 1.50 bits per heavy atom. The van der Waals surface area contributed by atoms with Crippen LogP contribution in [0.1, 0.15) is 35.8 Å². The van der Waals surface area contributed by atoms with Crippen molar-refractivity contribution in [1.29, 1.82) is 0 Å². The Kier molecular flexibility index (Phi) is 4.19. The molecule has 0 atom stereocenters. The van der Waals surface area contributed by atoms with E-state index in [4.69, 9.17) is 5.73 Å². The lowest BCUT2D eigenvalue weighted by Crippen LogP contribution is -2.07. The molecule has 0 bridgehead atoms. The molecule has 0 unspecified atom stereocenters. The molecule has 0 aromatic carbocycles. The Bertz CT molecular complexity index is 625. The van der Waals surface area contributed by atoms with Crippen LogP contribution in [0.4, 0.5) is 16.6 Å². The summed E-state index contributed by atoms with van der Waals surface area (Å²) in [6.45, 7) is 4.16. The molecule has 0 aliphatic carbocycles. The maximum absolute atomic E-state index is 11.6. The minimum absolute atomic E-state index is 0.282. The van der Waals surface area contributed by atoms with Gasteiger partial charge in [0.15, 0.2) is 5.13 Å². The summed E-state index contributed by atoms with van der Waals surface area (Å²) in [5.41, 5.74) is 7.28. The molecule has 2 aromatic heterocycles. The van der Waals surface area contributed by atoms with Crippen LogP contribution in [0.3, 0.4) is 0 Å². The SMILES string of the molecule is COC(=O)c1cc(Nc2nc(C(C)C)cs2)ncc1N. The molecule has 6 nitrogen and oxygen atoms in total.